The smallest absolute Gasteiger partial charge is 0.435 e. The normalized spacial score (nSPS) is 16.9. The largest absolute Gasteiger partial charge is 0.465 e. The van der Waals surface area contributed by atoms with E-state index in [-0.39, 0.29) is 37.3 Å². The molecule has 1 saturated carbocycles. The Bertz CT molecular complexity index is 1520. The highest BCUT2D eigenvalue weighted by atomic mass is 32.1. The van der Waals surface area contributed by atoms with E-state index in [9.17, 15) is 19.2 Å². The lowest BCUT2D eigenvalue weighted by atomic mass is 9.84. The van der Waals surface area contributed by atoms with E-state index >= 15 is 0 Å². The van der Waals surface area contributed by atoms with Crippen LogP contribution in [0.25, 0.3) is 0 Å². The second-order valence-electron chi connectivity index (χ2n) is 11.7. The first-order chi connectivity index (χ1) is 22.8. The third kappa shape index (κ3) is 9.26. The van der Waals surface area contributed by atoms with E-state index in [0.717, 1.165) is 28.8 Å². The van der Waals surface area contributed by atoms with E-state index in [4.69, 9.17) is 15.2 Å². The quantitative estimate of drug-likeness (QED) is 0.134. The summed E-state index contributed by atoms with van der Waals surface area (Å²) in [7, 11) is 0. The van der Waals surface area contributed by atoms with E-state index < -0.39 is 30.1 Å². The van der Waals surface area contributed by atoms with Crippen LogP contribution in [0, 0.1) is 5.92 Å². The second kappa shape index (κ2) is 16.3. The Hall–Kier alpha value is -4.55. The van der Waals surface area contributed by atoms with Crippen LogP contribution in [0.15, 0.2) is 77.8 Å². The van der Waals surface area contributed by atoms with Crippen LogP contribution in [-0.2, 0) is 30.4 Å². The van der Waals surface area contributed by atoms with E-state index in [1.54, 1.807) is 17.9 Å². The number of likely N-dealkylation sites (tertiary alicyclic amines) is 1. The van der Waals surface area contributed by atoms with Crippen LogP contribution in [0.5, 0.6) is 0 Å². The van der Waals surface area contributed by atoms with E-state index in [1.165, 1.54) is 11.3 Å². The molecule has 3 amide bonds. The summed E-state index contributed by atoms with van der Waals surface area (Å²) in [5, 5.41) is 6.15. The van der Waals surface area contributed by atoms with E-state index in [2.05, 4.69) is 15.6 Å². The number of nitrogens with zero attached hydrogens (tertiary/aromatic N) is 2. The monoisotopic (exact) mass is 659 g/mol. The van der Waals surface area contributed by atoms with Gasteiger partial charge in [-0.25, -0.2) is 4.79 Å². The highest BCUT2D eigenvalue weighted by Gasteiger charge is 2.41. The Morgan fingerprint density at radius 3 is 2.28 bits per heavy atom. The van der Waals surface area contributed by atoms with Crippen molar-refractivity contribution >= 4 is 41.0 Å². The molecule has 4 N–H and O–H groups in total. The number of nitrogens with two attached hydrogens (primary N) is 1. The van der Waals surface area contributed by atoms with Crippen molar-refractivity contribution in [1.29, 1.82) is 0 Å². The number of thiophene rings is 1. The van der Waals surface area contributed by atoms with Gasteiger partial charge in [-0.05, 0) is 61.8 Å². The zero-order valence-electron chi connectivity index (χ0n) is 26.4. The number of ether oxygens (including phenoxy) is 2. The van der Waals surface area contributed by atoms with Gasteiger partial charge < -0.3 is 25.4 Å². The van der Waals surface area contributed by atoms with Gasteiger partial charge in [0.2, 0.25) is 11.8 Å². The lowest BCUT2D eigenvalue weighted by molar-refractivity contribution is -0.143. The highest BCUT2D eigenvalue weighted by molar-refractivity contribution is 7.14. The van der Waals surface area contributed by atoms with Crippen molar-refractivity contribution in [3.8, 4) is 0 Å². The number of amidine groups is 1. The minimum absolute atomic E-state index is 0.0636. The van der Waals surface area contributed by atoms with Crippen LogP contribution in [0.1, 0.15) is 59.4 Å². The molecule has 3 aromatic rings. The first-order valence-electron chi connectivity index (χ1n) is 16.0. The van der Waals surface area contributed by atoms with Gasteiger partial charge in [-0.2, -0.15) is 4.99 Å². The van der Waals surface area contributed by atoms with Crippen molar-refractivity contribution in [1.82, 2.24) is 15.5 Å². The number of amides is 3. The molecular formula is C35H41N5O6S. The molecule has 0 radical (unpaired) electrons. The fourth-order valence-corrected chi connectivity index (χ4v) is 6.54. The van der Waals surface area contributed by atoms with Crippen molar-refractivity contribution in [3.63, 3.8) is 0 Å². The van der Waals surface area contributed by atoms with Gasteiger partial charge in [-0.1, -0.05) is 60.7 Å². The summed E-state index contributed by atoms with van der Waals surface area (Å²) in [6.07, 6.45) is 2.60. The zero-order valence-corrected chi connectivity index (χ0v) is 27.2. The zero-order chi connectivity index (χ0) is 33.2. The summed E-state index contributed by atoms with van der Waals surface area (Å²) in [5.74, 6) is -0.923. The predicted octanol–water partition coefficient (Wildman–Crippen LogP) is 3.96. The Balaban J connectivity index is 1.28. The maximum atomic E-state index is 14.4. The van der Waals surface area contributed by atoms with Gasteiger partial charge >= 0.3 is 12.1 Å². The minimum atomic E-state index is -0.837. The molecule has 0 spiro atoms. The topological polar surface area (TPSA) is 152 Å². The number of esters is 1. The molecule has 1 aliphatic heterocycles. The van der Waals surface area contributed by atoms with Gasteiger partial charge in [0.1, 0.15) is 11.9 Å². The molecule has 1 aliphatic carbocycles. The maximum Gasteiger partial charge on any atom is 0.435 e. The minimum Gasteiger partial charge on any atom is -0.465 e. The number of carbonyl (C=O) groups is 4. The first-order valence-corrected chi connectivity index (χ1v) is 16.8. The van der Waals surface area contributed by atoms with Crippen LogP contribution in [0.2, 0.25) is 0 Å². The molecule has 2 aromatic carbocycles. The molecule has 11 nitrogen and oxygen atoms in total. The average molecular weight is 660 g/mol. The lowest BCUT2D eigenvalue weighted by Crippen LogP contribution is -2.55. The Morgan fingerprint density at radius 1 is 0.957 bits per heavy atom. The number of hydrogen-bond acceptors (Lipinski definition) is 8. The molecule has 0 unspecified atom stereocenters. The first kappa shape index (κ1) is 33.8. The van der Waals surface area contributed by atoms with Crippen molar-refractivity contribution in [3.05, 3.63) is 93.7 Å². The molecule has 1 aromatic heterocycles. The Kier molecular flexibility index (Phi) is 11.7. The standard InChI is InChI=1S/C35H41N5O6S/c1-2-45-29(41)21-37-31(30(24-10-5-3-6-11-24)25-12-7-4-8-13-25)34(43)40-19-9-14-27(40)33(42)38-20-26-17-18-28(47-26)32(36)39-35(44)46-22-23-15-16-23/h3-8,10-13,17-18,23,27,30-31,37H,2,9,14-16,19-22H2,1H3,(H,38,42)(H2,36,39,44)/t27-,31+/m0/s1. The third-order valence-electron chi connectivity index (χ3n) is 8.23. The van der Waals surface area contributed by atoms with Crippen LogP contribution in [0.3, 0.4) is 0 Å². The SMILES string of the molecule is CCOC(=O)CN[C@@H](C(=O)N1CCC[C@H]1C(=O)NCc1ccc(/C(N)=N/C(=O)OCC2CC2)s1)C(c1ccccc1)c1ccccc1. The van der Waals surface area contributed by atoms with Gasteiger partial charge in [0.05, 0.1) is 37.2 Å². The molecule has 248 valence electrons. The second-order valence-corrected chi connectivity index (χ2v) is 12.8. The van der Waals surface area contributed by atoms with E-state index in [0.29, 0.717) is 36.8 Å². The van der Waals surface area contributed by atoms with Gasteiger partial charge in [0.25, 0.3) is 0 Å². The number of benzene rings is 2. The summed E-state index contributed by atoms with van der Waals surface area (Å²) in [6, 6.07) is 21.4. The predicted molar refractivity (Wildman–Crippen MR) is 179 cm³/mol. The molecule has 2 heterocycles. The summed E-state index contributed by atoms with van der Waals surface area (Å²) < 4.78 is 10.3. The Labute approximate surface area is 278 Å². The van der Waals surface area contributed by atoms with Gasteiger partial charge in [0.15, 0.2) is 0 Å². The molecule has 2 fully saturated rings. The molecule has 12 heteroatoms. The van der Waals surface area contributed by atoms with Gasteiger partial charge in [-0.15, -0.1) is 11.3 Å². The summed E-state index contributed by atoms with van der Waals surface area (Å²) >= 11 is 1.32. The van der Waals surface area contributed by atoms with Crippen molar-refractivity contribution < 1.29 is 28.7 Å². The summed E-state index contributed by atoms with van der Waals surface area (Å²) in [4.78, 5) is 59.2. The number of carbonyl (C=O) groups excluding carboxylic acids is 4. The third-order valence-corrected chi connectivity index (χ3v) is 9.34. The molecular weight excluding hydrogens is 618 g/mol. The van der Waals surface area contributed by atoms with Crippen LogP contribution < -0.4 is 16.4 Å². The summed E-state index contributed by atoms with van der Waals surface area (Å²) in [5.41, 5.74) is 7.84. The van der Waals surface area contributed by atoms with Crippen LogP contribution in [0.4, 0.5) is 4.79 Å². The molecule has 0 bridgehead atoms. The van der Waals surface area contributed by atoms with Crippen molar-refractivity contribution in [2.24, 2.45) is 16.6 Å². The fraction of sp³-hybridized carbons (Fsp3) is 0.400. The van der Waals surface area contributed by atoms with Crippen LogP contribution >= 0.6 is 11.3 Å². The highest BCUT2D eigenvalue weighted by Crippen LogP contribution is 2.31. The maximum absolute atomic E-state index is 14.4. The van der Waals surface area contributed by atoms with Crippen LogP contribution in [-0.4, -0.2) is 73.0 Å². The molecule has 1 saturated heterocycles. The van der Waals surface area contributed by atoms with Crippen molar-refractivity contribution in [2.75, 3.05) is 26.3 Å². The lowest BCUT2D eigenvalue weighted by Gasteiger charge is -2.33. The Morgan fingerprint density at radius 2 is 1.64 bits per heavy atom. The number of aliphatic imine (C=N–C) groups is 1. The molecule has 2 aliphatic rings. The average Bonchev–Trinajstić information content (AvgIpc) is 3.56. The molecule has 2 atom stereocenters. The number of rotatable bonds is 14. The number of hydrogen-bond donors (Lipinski definition) is 3. The molecule has 47 heavy (non-hydrogen) atoms. The van der Waals surface area contributed by atoms with Crippen molar-refractivity contribution in [2.45, 2.75) is 57.2 Å². The molecule has 5 rings (SSSR count). The van der Waals surface area contributed by atoms with E-state index in [1.807, 2.05) is 66.7 Å². The summed E-state index contributed by atoms with van der Waals surface area (Å²) in [6.45, 7) is 2.81. The fourth-order valence-electron chi connectivity index (χ4n) is 5.69. The number of nitrogens with one attached hydrogen (secondary N) is 2. The van der Waals surface area contributed by atoms with Gasteiger partial charge in [0, 0.05) is 17.3 Å². The van der Waals surface area contributed by atoms with Gasteiger partial charge in [-0.3, -0.25) is 19.7 Å².